The molecule has 0 fully saturated rings. The Labute approximate surface area is 117 Å². The third kappa shape index (κ3) is 2.88. The van der Waals surface area contributed by atoms with Crippen LogP contribution in [0.1, 0.15) is 5.56 Å². The van der Waals surface area contributed by atoms with Gasteiger partial charge in [-0.3, -0.25) is 0 Å². The van der Waals surface area contributed by atoms with Crippen LogP contribution in [-0.2, 0) is 0 Å². The molecule has 0 bridgehead atoms. The Hall–Kier alpha value is -2.15. The molecule has 0 saturated heterocycles. The number of hydrogen-bond acceptors (Lipinski definition) is 2. The second-order valence-corrected chi connectivity index (χ2v) is 4.37. The normalized spacial score (nSPS) is 10.4. The van der Waals surface area contributed by atoms with Crippen LogP contribution in [0, 0.1) is 23.3 Å². The molecule has 0 radical (unpaired) electrons. The summed E-state index contributed by atoms with van der Waals surface area (Å²) in [6.45, 7) is 0. The zero-order valence-electron chi connectivity index (χ0n) is 9.88. The Bertz CT molecular complexity index is 688. The first-order chi connectivity index (χ1) is 9.38. The Morgan fingerprint density at radius 2 is 1.55 bits per heavy atom. The summed E-state index contributed by atoms with van der Waals surface area (Å²) < 4.78 is 52.6. The van der Waals surface area contributed by atoms with Crippen LogP contribution in [0.4, 0.5) is 28.9 Å². The zero-order chi connectivity index (χ0) is 14.9. The summed E-state index contributed by atoms with van der Waals surface area (Å²) in [5.74, 6) is -4.10. The standard InChI is InChI=1S/C13H8F4N2S/c14-6-1-2-11(7(3-6)13(18)20)19-12-5-9(16)8(15)4-10(12)17/h1-5,19H,(H2,18,20). The van der Waals surface area contributed by atoms with Gasteiger partial charge in [-0.1, -0.05) is 12.2 Å². The highest BCUT2D eigenvalue weighted by molar-refractivity contribution is 7.80. The molecule has 20 heavy (non-hydrogen) atoms. The Morgan fingerprint density at radius 1 is 0.900 bits per heavy atom. The monoisotopic (exact) mass is 300 g/mol. The van der Waals surface area contributed by atoms with E-state index in [-0.39, 0.29) is 21.9 Å². The van der Waals surface area contributed by atoms with Crippen molar-refractivity contribution in [3.63, 3.8) is 0 Å². The van der Waals surface area contributed by atoms with E-state index in [1.54, 1.807) is 0 Å². The van der Waals surface area contributed by atoms with Crippen LogP contribution in [-0.4, -0.2) is 4.99 Å². The number of thiocarbonyl (C=S) groups is 1. The van der Waals surface area contributed by atoms with Crippen LogP contribution >= 0.6 is 12.2 Å². The van der Waals surface area contributed by atoms with Gasteiger partial charge in [0.15, 0.2) is 11.6 Å². The van der Waals surface area contributed by atoms with Crippen molar-refractivity contribution in [1.82, 2.24) is 0 Å². The third-order valence-corrected chi connectivity index (χ3v) is 2.75. The summed E-state index contributed by atoms with van der Waals surface area (Å²) in [5, 5.41) is 2.50. The number of nitrogens with one attached hydrogen (secondary N) is 1. The molecule has 7 heteroatoms. The predicted molar refractivity (Wildman–Crippen MR) is 71.9 cm³/mol. The molecule has 2 aromatic rings. The van der Waals surface area contributed by atoms with E-state index in [1.807, 2.05) is 0 Å². The van der Waals surface area contributed by atoms with Gasteiger partial charge in [0.25, 0.3) is 0 Å². The fourth-order valence-electron chi connectivity index (χ4n) is 1.59. The molecule has 0 saturated carbocycles. The maximum Gasteiger partial charge on any atom is 0.161 e. The smallest absolute Gasteiger partial charge is 0.161 e. The SMILES string of the molecule is NC(=S)c1cc(F)ccc1Nc1cc(F)c(F)cc1F. The van der Waals surface area contributed by atoms with E-state index in [2.05, 4.69) is 5.32 Å². The summed E-state index contributed by atoms with van der Waals surface area (Å²) in [6.07, 6.45) is 0. The lowest BCUT2D eigenvalue weighted by Gasteiger charge is -2.12. The molecule has 2 rings (SSSR count). The molecule has 2 aromatic carbocycles. The molecule has 0 aliphatic carbocycles. The van der Waals surface area contributed by atoms with Crippen molar-refractivity contribution in [2.45, 2.75) is 0 Å². The molecule has 0 amide bonds. The number of anilines is 2. The van der Waals surface area contributed by atoms with Gasteiger partial charge in [-0.05, 0) is 18.2 Å². The molecule has 2 nitrogen and oxygen atoms in total. The zero-order valence-corrected chi connectivity index (χ0v) is 10.7. The molecule has 0 aliphatic rings. The number of nitrogens with two attached hydrogens (primary N) is 1. The summed E-state index contributed by atoms with van der Waals surface area (Å²) in [5.41, 5.74) is 5.43. The highest BCUT2D eigenvalue weighted by Gasteiger charge is 2.13. The van der Waals surface area contributed by atoms with Gasteiger partial charge >= 0.3 is 0 Å². The van der Waals surface area contributed by atoms with Crippen LogP contribution in [0.5, 0.6) is 0 Å². The molecule has 0 heterocycles. The Kier molecular flexibility index (Phi) is 3.89. The number of benzene rings is 2. The lowest BCUT2D eigenvalue weighted by molar-refractivity contribution is 0.496. The van der Waals surface area contributed by atoms with Gasteiger partial charge in [0.05, 0.1) is 5.69 Å². The lowest BCUT2D eigenvalue weighted by Crippen LogP contribution is -2.12. The molecule has 3 N–H and O–H groups in total. The summed E-state index contributed by atoms with van der Waals surface area (Å²) in [4.78, 5) is -0.116. The van der Waals surface area contributed by atoms with Gasteiger partial charge in [0.2, 0.25) is 0 Å². The van der Waals surface area contributed by atoms with Crippen molar-refractivity contribution >= 4 is 28.6 Å². The highest BCUT2D eigenvalue weighted by atomic mass is 32.1. The van der Waals surface area contributed by atoms with Crippen molar-refractivity contribution in [2.75, 3.05) is 5.32 Å². The van der Waals surface area contributed by atoms with Gasteiger partial charge in [-0.2, -0.15) is 0 Å². The van der Waals surface area contributed by atoms with Crippen LogP contribution in [0.15, 0.2) is 30.3 Å². The number of rotatable bonds is 3. The van der Waals surface area contributed by atoms with E-state index in [0.29, 0.717) is 12.1 Å². The highest BCUT2D eigenvalue weighted by Crippen LogP contribution is 2.25. The van der Waals surface area contributed by atoms with Gasteiger partial charge in [-0.15, -0.1) is 0 Å². The minimum absolute atomic E-state index is 0.116. The van der Waals surface area contributed by atoms with Crippen LogP contribution in [0.3, 0.4) is 0 Å². The van der Waals surface area contributed by atoms with Crippen LogP contribution in [0.2, 0.25) is 0 Å². The Balaban J connectivity index is 2.45. The quantitative estimate of drug-likeness (QED) is 0.516. The topological polar surface area (TPSA) is 38.0 Å². The van der Waals surface area contributed by atoms with Crippen molar-refractivity contribution in [3.05, 3.63) is 59.2 Å². The van der Waals surface area contributed by atoms with Gasteiger partial charge < -0.3 is 11.1 Å². The van der Waals surface area contributed by atoms with Crippen molar-refractivity contribution < 1.29 is 17.6 Å². The average molecular weight is 300 g/mol. The maximum atomic E-state index is 13.5. The van der Waals surface area contributed by atoms with E-state index >= 15 is 0 Å². The molecule has 104 valence electrons. The van der Waals surface area contributed by atoms with Crippen LogP contribution < -0.4 is 11.1 Å². The first kappa shape index (κ1) is 14.3. The second-order valence-electron chi connectivity index (χ2n) is 3.93. The van der Waals surface area contributed by atoms with Gasteiger partial charge in [0, 0.05) is 23.4 Å². The van der Waals surface area contributed by atoms with Crippen LogP contribution in [0.25, 0.3) is 0 Å². The molecule has 0 unspecified atom stereocenters. The maximum absolute atomic E-state index is 13.5. The molecule has 0 atom stereocenters. The summed E-state index contributed by atoms with van der Waals surface area (Å²) in [6, 6.07) is 4.48. The number of hydrogen-bond donors (Lipinski definition) is 2. The predicted octanol–water partition coefficient (Wildman–Crippen LogP) is 3.62. The van der Waals surface area contributed by atoms with E-state index in [1.165, 1.54) is 6.07 Å². The summed E-state index contributed by atoms with van der Waals surface area (Å²) >= 11 is 4.75. The van der Waals surface area contributed by atoms with Crippen molar-refractivity contribution in [3.8, 4) is 0 Å². The third-order valence-electron chi connectivity index (χ3n) is 2.53. The largest absolute Gasteiger partial charge is 0.389 e. The minimum atomic E-state index is -1.30. The lowest BCUT2D eigenvalue weighted by atomic mass is 10.1. The first-order valence-corrected chi connectivity index (χ1v) is 5.80. The van der Waals surface area contributed by atoms with E-state index in [0.717, 1.165) is 12.1 Å². The van der Waals surface area contributed by atoms with Gasteiger partial charge in [0.1, 0.15) is 16.6 Å². The molecular formula is C13H8F4N2S. The van der Waals surface area contributed by atoms with Gasteiger partial charge in [-0.25, -0.2) is 17.6 Å². The van der Waals surface area contributed by atoms with E-state index in [4.69, 9.17) is 18.0 Å². The molecule has 0 aromatic heterocycles. The first-order valence-electron chi connectivity index (χ1n) is 5.39. The van der Waals surface area contributed by atoms with E-state index in [9.17, 15) is 17.6 Å². The van der Waals surface area contributed by atoms with Crippen molar-refractivity contribution in [1.29, 1.82) is 0 Å². The van der Waals surface area contributed by atoms with Crippen molar-refractivity contribution in [2.24, 2.45) is 5.73 Å². The fraction of sp³-hybridized carbons (Fsp3) is 0. The molecule has 0 aliphatic heterocycles. The minimum Gasteiger partial charge on any atom is -0.389 e. The summed E-state index contributed by atoms with van der Waals surface area (Å²) in [7, 11) is 0. The molecular weight excluding hydrogens is 292 g/mol. The van der Waals surface area contributed by atoms with E-state index < -0.39 is 23.3 Å². The second kappa shape index (κ2) is 5.46. The number of halogens is 4. The fourth-order valence-corrected chi connectivity index (χ4v) is 1.76. The average Bonchev–Trinajstić information content (AvgIpc) is 2.37. The molecule has 0 spiro atoms. The Morgan fingerprint density at radius 3 is 2.20 bits per heavy atom.